The maximum Gasteiger partial charge on any atom is 0.248 e. The van der Waals surface area contributed by atoms with Gasteiger partial charge in [-0.1, -0.05) is 30.3 Å². The van der Waals surface area contributed by atoms with E-state index in [1.807, 2.05) is 18.2 Å². The van der Waals surface area contributed by atoms with Crippen LogP contribution in [0.4, 0.5) is 4.39 Å². The van der Waals surface area contributed by atoms with Crippen LogP contribution in [0.15, 0.2) is 53.5 Å². The molecule has 25 heavy (non-hydrogen) atoms. The van der Waals surface area contributed by atoms with Crippen molar-refractivity contribution in [2.24, 2.45) is 10.7 Å². The largest absolute Gasteiger partial charge is 0.366 e. The summed E-state index contributed by atoms with van der Waals surface area (Å²) < 4.78 is 13.5. The number of primary amides is 1. The minimum absolute atomic E-state index is 0. The molecule has 0 aliphatic carbocycles. The normalized spacial score (nSPS) is 10.7. The summed E-state index contributed by atoms with van der Waals surface area (Å²) in [5.74, 6) is -0.0118. The van der Waals surface area contributed by atoms with E-state index in [1.165, 1.54) is 6.07 Å². The van der Waals surface area contributed by atoms with Gasteiger partial charge in [-0.25, -0.2) is 4.39 Å². The van der Waals surface area contributed by atoms with Gasteiger partial charge in [0.2, 0.25) is 5.91 Å². The summed E-state index contributed by atoms with van der Waals surface area (Å²) in [6.07, 6.45) is 0.570. The lowest BCUT2D eigenvalue weighted by Gasteiger charge is -2.12. The summed E-state index contributed by atoms with van der Waals surface area (Å²) in [5.41, 5.74) is 7.35. The molecule has 0 radical (unpaired) electrons. The third-order valence-electron chi connectivity index (χ3n) is 3.57. The maximum atomic E-state index is 13.5. The van der Waals surface area contributed by atoms with Crippen LogP contribution in [0, 0.1) is 5.82 Å². The highest BCUT2D eigenvalue weighted by atomic mass is 127. The second kappa shape index (κ2) is 10.7. The number of nitrogens with two attached hydrogens (primary N) is 1. The monoisotopic (exact) mass is 456 g/mol. The zero-order valence-corrected chi connectivity index (χ0v) is 16.3. The van der Waals surface area contributed by atoms with Crippen molar-refractivity contribution in [3.05, 3.63) is 71.0 Å². The molecule has 1 amide bonds. The molecule has 0 spiro atoms. The molecule has 0 aliphatic heterocycles. The van der Waals surface area contributed by atoms with Gasteiger partial charge in [-0.05, 0) is 35.7 Å². The first-order chi connectivity index (χ1) is 11.6. The average molecular weight is 456 g/mol. The van der Waals surface area contributed by atoms with E-state index in [1.54, 1.807) is 31.3 Å². The van der Waals surface area contributed by atoms with Crippen LogP contribution in [0.25, 0.3) is 0 Å². The predicted octanol–water partition coefficient (Wildman–Crippen LogP) is 2.45. The molecular weight excluding hydrogens is 434 g/mol. The van der Waals surface area contributed by atoms with Gasteiger partial charge < -0.3 is 16.4 Å². The molecule has 2 aromatic rings. The number of halogens is 2. The van der Waals surface area contributed by atoms with Crippen molar-refractivity contribution in [2.45, 2.75) is 13.0 Å². The Kier molecular flexibility index (Phi) is 8.90. The molecule has 2 aromatic carbocycles. The number of benzene rings is 2. The first kappa shape index (κ1) is 20.9. The molecule has 2 rings (SSSR count). The molecule has 134 valence electrons. The van der Waals surface area contributed by atoms with Gasteiger partial charge in [-0.15, -0.1) is 24.0 Å². The highest BCUT2D eigenvalue weighted by Crippen LogP contribution is 2.06. The Morgan fingerprint density at radius 3 is 2.40 bits per heavy atom. The van der Waals surface area contributed by atoms with E-state index < -0.39 is 5.91 Å². The number of hydrogen-bond donors (Lipinski definition) is 3. The smallest absolute Gasteiger partial charge is 0.248 e. The van der Waals surface area contributed by atoms with Crippen molar-refractivity contribution in [2.75, 3.05) is 13.6 Å². The van der Waals surface area contributed by atoms with Crippen LogP contribution in [0.2, 0.25) is 0 Å². The van der Waals surface area contributed by atoms with Crippen LogP contribution in [0.5, 0.6) is 0 Å². The highest BCUT2D eigenvalue weighted by Gasteiger charge is 2.03. The molecule has 5 nitrogen and oxygen atoms in total. The number of aliphatic imine (C=N–C) groups is 1. The lowest BCUT2D eigenvalue weighted by Crippen LogP contribution is -2.37. The van der Waals surface area contributed by atoms with Crippen LogP contribution in [0.1, 0.15) is 21.5 Å². The van der Waals surface area contributed by atoms with Gasteiger partial charge in [0.15, 0.2) is 5.96 Å². The molecule has 0 fully saturated rings. The van der Waals surface area contributed by atoms with E-state index >= 15 is 0 Å². The van der Waals surface area contributed by atoms with Gasteiger partial charge in [0, 0.05) is 25.7 Å². The topological polar surface area (TPSA) is 79.5 Å². The lowest BCUT2D eigenvalue weighted by atomic mass is 10.1. The molecule has 4 N–H and O–H groups in total. The van der Waals surface area contributed by atoms with Crippen LogP contribution in [-0.4, -0.2) is 25.5 Å². The Labute approximate surface area is 163 Å². The first-order valence-corrected chi connectivity index (χ1v) is 7.67. The predicted molar refractivity (Wildman–Crippen MR) is 109 cm³/mol. The van der Waals surface area contributed by atoms with Gasteiger partial charge >= 0.3 is 0 Å². The molecular formula is C18H22FIN4O. The van der Waals surface area contributed by atoms with Crippen molar-refractivity contribution in [3.8, 4) is 0 Å². The number of nitrogens with one attached hydrogen (secondary N) is 2. The van der Waals surface area contributed by atoms with Crippen molar-refractivity contribution < 1.29 is 9.18 Å². The minimum atomic E-state index is -0.444. The Hall–Kier alpha value is -2.16. The second-order valence-electron chi connectivity index (χ2n) is 5.26. The van der Waals surface area contributed by atoms with Crippen molar-refractivity contribution in [3.63, 3.8) is 0 Å². The molecule has 0 heterocycles. The van der Waals surface area contributed by atoms with Gasteiger partial charge in [-0.2, -0.15) is 0 Å². The summed E-state index contributed by atoms with van der Waals surface area (Å²) in [7, 11) is 1.68. The van der Waals surface area contributed by atoms with E-state index in [4.69, 9.17) is 5.73 Å². The average Bonchev–Trinajstić information content (AvgIpc) is 2.59. The lowest BCUT2D eigenvalue weighted by molar-refractivity contribution is 0.100. The van der Waals surface area contributed by atoms with E-state index in [0.29, 0.717) is 36.6 Å². The summed E-state index contributed by atoms with van der Waals surface area (Å²) in [5, 5.41) is 6.31. The quantitative estimate of drug-likeness (QED) is 0.355. The Bertz CT molecular complexity index is 719. The van der Waals surface area contributed by atoms with Crippen LogP contribution in [0.3, 0.4) is 0 Å². The standard InChI is InChI=1S/C18H21FN4O.HI/c1-21-18(22-11-10-14-4-2-3-5-16(14)19)23-12-13-6-8-15(9-7-13)17(20)24;/h2-9H,10-12H2,1H3,(H2,20,24)(H2,21,22,23);1H. The third kappa shape index (κ3) is 6.69. The molecule has 7 heteroatoms. The summed E-state index contributed by atoms with van der Waals surface area (Å²) in [6, 6.07) is 13.8. The number of amides is 1. The number of carbonyl (C=O) groups is 1. The minimum Gasteiger partial charge on any atom is -0.366 e. The number of hydrogen-bond acceptors (Lipinski definition) is 2. The molecule has 0 atom stereocenters. The van der Waals surface area contributed by atoms with E-state index in [2.05, 4.69) is 15.6 Å². The number of guanidine groups is 1. The van der Waals surface area contributed by atoms with E-state index in [0.717, 1.165) is 5.56 Å². The summed E-state index contributed by atoms with van der Waals surface area (Å²) >= 11 is 0. The molecule has 0 unspecified atom stereocenters. The Morgan fingerprint density at radius 1 is 1.12 bits per heavy atom. The van der Waals surface area contributed by atoms with Gasteiger partial charge in [0.25, 0.3) is 0 Å². The molecule has 0 aliphatic rings. The Morgan fingerprint density at radius 2 is 1.80 bits per heavy atom. The SMILES string of the molecule is CN=C(NCCc1ccccc1F)NCc1ccc(C(N)=O)cc1.I. The second-order valence-corrected chi connectivity index (χ2v) is 5.26. The fourth-order valence-corrected chi connectivity index (χ4v) is 2.21. The zero-order valence-electron chi connectivity index (χ0n) is 14.0. The number of nitrogens with zero attached hydrogens (tertiary/aromatic N) is 1. The van der Waals surface area contributed by atoms with Crippen LogP contribution in [-0.2, 0) is 13.0 Å². The molecule has 0 saturated heterocycles. The number of carbonyl (C=O) groups excluding carboxylic acids is 1. The Balaban J connectivity index is 0.00000312. The fraction of sp³-hybridized carbons (Fsp3) is 0.222. The van der Waals surface area contributed by atoms with Crippen molar-refractivity contribution >= 4 is 35.8 Å². The fourth-order valence-electron chi connectivity index (χ4n) is 2.21. The molecule has 0 aromatic heterocycles. The summed E-state index contributed by atoms with van der Waals surface area (Å²) in [4.78, 5) is 15.2. The summed E-state index contributed by atoms with van der Waals surface area (Å²) in [6.45, 7) is 1.12. The molecule has 0 saturated carbocycles. The van der Waals surface area contributed by atoms with Gasteiger partial charge in [0.1, 0.15) is 5.82 Å². The zero-order chi connectivity index (χ0) is 17.4. The van der Waals surface area contributed by atoms with E-state index in [-0.39, 0.29) is 29.8 Å². The van der Waals surface area contributed by atoms with Crippen LogP contribution < -0.4 is 16.4 Å². The third-order valence-corrected chi connectivity index (χ3v) is 3.57. The maximum absolute atomic E-state index is 13.5. The van der Waals surface area contributed by atoms with Crippen molar-refractivity contribution in [1.82, 2.24) is 10.6 Å². The van der Waals surface area contributed by atoms with Crippen molar-refractivity contribution in [1.29, 1.82) is 0 Å². The van der Waals surface area contributed by atoms with Gasteiger partial charge in [-0.3, -0.25) is 9.79 Å². The number of rotatable bonds is 6. The van der Waals surface area contributed by atoms with E-state index in [9.17, 15) is 9.18 Å². The van der Waals surface area contributed by atoms with Gasteiger partial charge in [0.05, 0.1) is 0 Å². The first-order valence-electron chi connectivity index (χ1n) is 7.67. The molecule has 0 bridgehead atoms. The van der Waals surface area contributed by atoms with Crippen LogP contribution >= 0.6 is 24.0 Å². The highest BCUT2D eigenvalue weighted by molar-refractivity contribution is 14.0.